The molecule has 0 spiro atoms. The Kier molecular flexibility index (Phi) is 4.25. The van der Waals surface area contributed by atoms with E-state index in [9.17, 15) is 4.39 Å². The van der Waals surface area contributed by atoms with Gasteiger partial charge in [-0.15, -0.1) is 0 Å². The molecule has 100 valence electrons. The van der Waals surface area contributed by atoms with Crippen LogP contribution in [0.2, 0.25) is 0 Å². The summed E-state index contributed by atoms with van der Waals surface area (Å²) < 4.78 is 19.1. The van der Waals surface area contributed by atoms with Gasteiger partial charge in [-0.1, -0.05) is 51.3 Å². The fraction of sp³-hybridized carbons (Fsp3) is 0.250. The van der Waals surface area contributed by atoms with E-state index in [0.29, 0.717) is 11.3 Å². The molecule has 2 rings (SSSR count). The van der Waals surface area contributed by atoms with Gasteiger partial charge in [0.05, 0.1) is 11.9 Å². The van der Waals surface area contributed by atoms with Crippen LogP contribution in [0.15, 0.2) is 36.4 Å². The van der Waals surface area contributed by atoms with Crippen molar-refractivity contribution in [3.05, 3.63) is 64.5 Å². The molecule has 0 N–H and O–H groups in total. The summed E-state index contributed by atoms with van der Waals surface area (Å²) >= 11 is 3.58. The summed E-state index contributed by atoms with van der Waals surface area (Å²) in [5.41, 5.74) is 4.02. The summed E-state index contributed by atoms with van der Waals surface area (Å²) in [5, 5.41) is 0. The molecule has 0 bridgehead atoms. The normalized spacial score (nSPS) is 12.3. The summed E-state index contributed by atoms with van der Waals surface area (Å²) in [7, 11) is 1.53. The lowest BCUT2D eigenvalue weighted by Crippen LogP contribution is -1.98. The molecule has 0 amide bonds. The van der Waals surface area contributed by atoms with Crippen LogP contribution in [0.5, 0.6) is 5.75 Å². The Bertz CT molecular complexity index is 575. The van der Waals surface area contributed by atoms with E-state index in [1.165, 1.54) is 24.3 Å². The Hall–Kier alpha value is -1.35. The molecule has 19 heavy (non-hydrogen) atoms. The third-order valence-corrected chi connectivity index (χ3v) is 4.04. The van der Waals surface area contributed by atoms with E-state index in [4.69, 9.17) is 4.74 Å². The van der Waals surface area contributed by atoms with Crippen molar-refractivity contribution in [2.45, 2.75) is 18.7 Å². The summed E-state index contributed by atoms with van der Waals surface area (Å²) in [5.74, 6) is 0.266. The number of halogens is 2. The summed E-state index contributed by atoms with van der Waals surface area (Å²) in [6, 6.07) is 11.2. The van der Waals surface area contributed by atoms with Gasteiger partial charge in [0, 0.05) is 11.6 Å². The molecule has 0 heterocycles. The van der Waals surface area contributed by atoms with Gasteiger partial charge in [-0.3, -0.25) is 0 Å². The van der Waals surface area contributed by atoms with Crippen LogP contribution in [0.25, 0.3) is 0 Å². The standard InChI is InChI=1S/C16H16BrFO/c1-10-6-11(2)8-12(7-10)16(17)14-5-4-13(19-3)9-15(14)18/h4-9,16H,1-3H3. The molecule has 0 aliphatic heterocycles. The first-order chi connectivity index (χ1) is 9.01. The minimum Gasteiger partial charge on any atom is -0.497 e. The zero-order valence-electron chi connectivity index (χ0n) is 11.2. The van der Waals surface area contributed by atoms with Crippen molar-refractivity contribution < 1.29 is 9.13 Å². The summed E-state index contributed by atoms with van der Waals surface area (Å²) in [6.45, 7) is 4.08. The predicted molar refractivity (Wildman–Crippen MR) is 79.6 cm³/mol. The van der Waals surface area contributed by atoms with Gasteiger partial charge in [-0.05, 0) is 25.5 Å². The molecular formula is C16H16BrFO. The summed E-state index contributed by atoms with van der Waals surface area (Å²) in [4.78, 5) is -0.156. The average Bonchev–Trinajstić information content (AvgIpc) is 2.36. The Morgan fingerprint density at radius 2 is 1.68 bits per heavy atom. The first-order valence-corrected chi connectivity index (χ1v) is 6.98. The predicted octanol–water partition coefficient (Wildman–Crippen LogP) is 4.94. The first kappa shape index (κ1) is 14.1. The molecule has 1 nitrogen and oxygen atoms in total. The molecule has 0 saturated carbocycles. The largest absolute Gasteiger partial charge is 0.497 e. The van der Waals surface area contributed by atoms with Crippen LogP contribution in [-0.2, 0) is 0 Å². The van der Waals surface area contributed by atoms with Crippen LogP contribution in [0, 0.1) is 19.7 Å². The lowest BCUT2D eigenvalue weighted by molar-refractivity contribution is 0.411. The average molecular weight is 323 g/mol. The van der Waals surface area contributed by atoms with Crippen LogP contribution in [0.3, 0.4) is 0 Å². The molecule has 0 fully saturated rings. The van der Waals surface area contributed by atoms with E-state index < -0.39 is 0 Å². The van der Waals surface area contributed by atoms with Gasteiger partial charge >= 0.3 is 0 Å². The third kappa shape index (κ3) is 3.16. The number of rotatable bonds is 3. The zero-order valence-corrected chi connectivity index (χ0v) is 12.8. The number of alkyl halides is 1. The first-order valence-electron chi connectivity index (χ1n) is 6.07. The van der Waals surface area contributed by atoms with Gasteiger partial charge in [0.1, 0.15) is 11.6 Å². The van der Waals surface area contributed by atoms with Crippen molar-refractivity contribution in [1.29, 1.82) is 0 Å². The zero-order chi connectivity index (χ0) is 14.0. The number of hydrogen-bond acceptors (Lipinski definition) is 1. The number of methoxy groups -OCH3 is 1. The van der Waals surface area contributed by atoms with Crippen LogP contribution in [0.4, 0.5) is 4.39 Å². The van der Waals surface area contributed by atoms with E-state index in [0.717, 1.165) is 5.56 Å². The molecule has 2 aromatic carbocycles. The molecule has 0 saturated heterocycles. The van der Waals surface area contributed by atoms with E-state index in [2.05, 4.69) is 34.1 Å². The van der Waals surface area contributed by atoms with Crippen molar-refractivity contribution >= 4 is 15.9 Å². The number of hydrogen-bond donors (Lipinski definition) is 0. The van der Waals surface area contributed by atoms with E-state index in [1.54, 1.807) is 12.1 Å². The molecule has 1 unspecified atom stereocenters. The third-order valence-electron chi connectivity index (χ3n) is 3.02. The van der Waals surface area contributed by atoms with Crippen LogP contribution in [-0.4, -0.2) is 7.11 Å². The highest BCUT2D eigenvalue weighted by atomic mass is 79.9. The SMILES string of the molecule is COc1ccc(C(Br)c2cc(C)cc(C)c2)c(F)c1. The quantitative estimate of drug-likeness (QED) is 0.727. The van der Waals surface area contributed by atoms with E-state index in [1.807, 2.05) is 13.8 Å². The van der Waals surface area contributed by atoms with Gasteiger partial charge in [-0.2, -0.15) is 0 Å². The maximum Gasteiger partial charge on any atom is 0.131 e. The van der Waals surface area contributed by atoms with Gasteiger partial charge in [0.25, 0.3) is 0 Å². The van der Waals surface area contributed by atoms with E-state index >= 15 is 0 Å². The fourth-order valence-electron chi connectivity index (χ4n) is 2.18. The second-order valence-corrected chi connectivity index (χ2v) is 5.59. The molecule has 0 aliphatic rings. The molecule has 0 aliphatic carbocycles. The van der Waals surface area contributed by atoms with Gasteiger partial charge in [0.15, 0.2) is 0 Å². The van der Waals surface area contributed by atoms with Crippen LogP contribution >= 0.6 is 15.9 Å². The second kappa shape index (κ2) is 5.74. The van der Waals surface area contributed by atoms with Crippen molar-refractivity contribution in [1.82, 2.24) is 0 Å². The second-order valence-electron chi connectivity index (χ2n) is 4.67. The van der Waals surface area contributed by atoms with Crippen molar-refractivity contribution in [3.63, 3.8) is 0 Å². The minimum atomic E-state index is -0.264. The van der Waals surface area contributed by atoms with E-state index in [-0.39, 0.29) is 10.6 Å². The monoisotopic (exact) mass is 322 g/mol. The Morgan fingerprint density at radius 3 is 2.21 bits per heavy atom. The lowest BCUT2D eigenvalue weighted by Gasteiger charge is -2.14. The molecule has 2 aromatic rings. The topological polar surface area (TPSA) is 9.23 Å². The maximum absolute atomic E-state index is 14.1. The summed E-state index contributed by atoms with van der Waals surface area (Å²) in [6.07, 6.45) is 0. The fourth-order valence-corrected chi connectivity index (χ4v) is 2.81. The Morgan fingerprint density at radius 1 is 1.05 bits per heavy atom. The molecule has 1 atom stereocenters. The maximum atomic E-state index is 14.1. The number of benzene rings is 2. The smallest absolute Gasteiger partial charge is 0.131 e. The molecular weight excluding hydrogens is 307 g/mol. The van der Waals surface area contributed by atoms with Gasteiger partial charge in [-0.25, -0.2) is 4.39 Å². The van der Waals surface area contributed by atoms with Gasteiger partial charge in [0.2, 0.25) is 0 Å². The van der Waals surface area contributed by atoms with Crippen molar-refractivity contribution in [3.8, 4) is 5.75 Å². The van der Waals surface area contributed by atoms with Crippen LogP contribution < -0.4 is 4.74 Å². The Labute approximate surface area is 121 Å². The highest BCUT2D eigenvalue weighted by Crippen LogP contribution is 2.34. The van der Waals surface area contributed by atoms with Gasteiger partial charge < -0.3 is 4.74 Å². The molecule has 0 radical (unpaired) electrons. The van der Waals surface area contributed by atoms with Crippen molar-refractivity contribution in [2.24, 2.45) is 0 Å². The number of ether oxygens (including phenoxy) is 1. The highest BCUT2D eigenvalue weighted by Gasteiger charge is 2.16. The Balaban J connectivity index is 2.40. The molecule has 3 heteroatoms. The number of aryl methyl sites for hydroxylation is 2. The van der Waals surface area contributed by atoms with Crippen molar-refractivity contribution in [2.75, 3.05) is 7.11 Å². The highest BCUT2D eigenvalue weighted by molar-refractivity contribution is 9.09. The minimum absolute atomic E-state index is 0.156. The molecule has 0 aromatic heterocycles. The van der Waals surface area contributed by atoms with Crippen LogP contribution in [0.1, 0.15) is 27.1 Å². The lowest BCUT2D eigenvalue weighted by atomic mass is 10.00.